The van der Waals surface area contributed by atoms with Gasteiger partial charge in [-0.3, -0.25) is 14.6 Å². The van der Waals surface area contributed by atoms with E-state index >= 15 is 0 Å². The second kappa shape index (κ2) is 7.60. The number of rotatable bonds is 4. The van der Waals surface area contributed by atoms with E-state index in [2.05, 4.69) is 9.97 Å². The number of carbonyl (C=O) groups is 1. The van der Waals surface area contributed by atoms with Crippen LogP contribution in [0.5, 0.6) is 0 Å². The zero-order chi connectivity index (χ0) is 17.9. The highest BCUT2D eigenvalue weighted by atomic mass is 16.2. The Balaban J connectivity index is 1.36. The Labute approximate surface area is 153 Å². The molecule has 2 fully saturated rings. The van der Waals surface area contributed by atoms with Crippen LogP contribution < -0.4 is 5.56 Å². The van der Waals surface area contributed by atoms with Crippen LogP contribution in [0.4, 0.5) is 0 Å². The van der Waals surface area contributed by atoms with Crippen molar-refractivity contribution in [3.05, 3.63) is 40.4 Å². The third-order valence-electron chi connectivity index (χ3n) is 6.16. The van der Waals surface area contributed by atoms with Crippen LogP contribution in [-0.2, 0) is 4.79 Å². The highest BCUT2D eigenvalue weighted by Gasteiger charge is 2.25. The predicted octanol–water partition coefficient (Wildman–Crippen LogP) is 3.60. The summed E-state index contributed by atoms with van der Waals surface area (Å²) < 4.78 is 0. The number of H-pyrrole nitrogens is 1. The molecule has 0 unspecified atom stereocenters. The van der Waals surface area contributed by atoms with Crippen molar-refractivity contribution < 1.29 is 4.79 Å². The smallest absolute Gasteiger partial charge is 0.257 e. The molecule has 1 amide bonds. The first kappa shape index (κ1) is 17.3. The third kappa shape index (κ3) is 3.67. The van der Waals surface area contributed by atoms with E-state index in [1.807, 2.05) is 11.0 Å². The maximum Gasteiger partial charge on any atom is 0.257 e. The van der Waals surface area contributed by atoms with Gasteiger partial charge < -0.3 is 9.88 Å². The van der Waals surface area contributed by atoms with Crippen molar-refractivity contribution in [2.45, 2.75) is 57.3 Å². The van der Waals surface area contributed by atoms with Gasteiger partial charge in [-0.15, -0.1) is 0 Å². The first-order valence-electron chi connectivity index (χ1n) is 9.96. The molecule has 1 aliphatic heterocycles. The van der Waals surface area contributed by atoms with Gasteiger partial charge in [-0.1, -0.05) is 25.7 Å². The molecule has 1 saturated heterocycles. The zero-order valence-corrected chi connectivity index (χ0v) is 15.2. The normalized spacial score (nSPS) is 19.3. The van der Waals surface area contributed by atoms with E-state index in [1.54, 1.807) is 18.3 Å². The molecule has 138 valence electrons. The molecule has 2 aromatic rings. The van der Waals surface area contributed by atoms with Crippen LogP contribution in [0.15, 0.2) is 29.2 Å². The zero-order valence-electron chi connectivity index (χ0n) is 15.2. The van der Waals surface area contributed by atoms with E-state index in [0.717, 1.165) is 49.5 Å². The molecular formula is C21H27N3O2. The van der Waals surface area contributed by atoms with E-state index in [4.69, 9.17) is 0 Å². The number of hydrogen-bond acceptors (Lipinski definition) is 3. The Morgan fingerprint density at radius 1 is 1.19 bits per heavy atom. The molecule has 1 N–H and O–H groups in total. The summed E-state index contributed by atoms with van der Waals surface area (Å²) in [6.45, 7) is 1.58. The van der Waals surface area contributed by atoms with Crippen LogP contribution in [0, 0.1) is 5.92 Å². The highest BCUT2D eigenvalue weighted by molar-refractivity contribution is 5.77. The maximum absolute atomic E-state index is 12.5. The fourth-order valence-electron chi connectivity index (χ4n) is 4.55. The first-order valence-corrected chi connectivity index (χ1v) is 9.96. The molecular weight excluding hydrogens is 326 g/mol. The van der Waals surface area contributed by atoms with Gasteiger partial charge in [0.2, 0.25) is 5.91 Å². The molecule has 0 bridgehead atoms. The Bertz CT molecular complexity index is 831. The van der Waals surface area contributed by atoms with Gasteiger partial charge in [-0.05, 0) is 43.4 Å². The highest BCUT2D eigenvalue weighted by Crippen LogP contribution is 2.30. The van der Waals surface area contributed by atoms with Gasteiger partial charge in [-0.25, -0.2) is 0 Å². The largest absolute Gasteiger partial charge is 0.343 e. The van der Waals surface area contributed by atoms with Crippen molar-refractivity contribution in [3.8, 4) is 0 Å². The second-order valence-electron chi connectivity index (χ2n) is 7.83. The van der Waals surface area contributed by atoms with Gasteiger partial charge in [0, 0.05) is 37.3 Å². The number of carbonyl (C=O) groups excluding carboxylic acids is 1. The van der Waals surface area contributed by atoms with E-state index in [0.29, 0.717) is 23.6 Å². The average Bonchev–Trinajstić information content (AvgIpc) is 3.20. The van der Waals surface area contributed by atoms with Gasteiger partial charge in [-0.2, -0.15) is 0 Å². The van der Waals surface area contributed by atoms with Gasteiger partial charge in [0.25, 0.3) is 5.56 Å². The SMILES string of the molecule is O=C(CCC1CCCC1)N1CCC(c2cc3ncccc3c(=O)[nH]2)CC1. The van der Waals surface area contributed by atoms with Crippen LogP contribution in [0.25, 0.3) is 10.9 Å². The van der Waals surface area contributed by atoms with Crippen molar-refractivity contribution in [2.24, 2.45) is 5.92 Å². The number of piperidine rings is 1. The maximum atomic E-state index is 12.5. The summed E-state index contributed by atoms with van der Waals surface area (Å²) in [5.41, 5.74) is 1.64. The van der Waals surface area contributed by atoms with Crippen LogP contribution in [-0.4, -0.2) is 33.9 Å². The van der Waals surface area contributed by atoms with Crippen molar-refractivity contribution >= 4 is 16.8 Å². The van der Waals surface area contributed by atoms with Crippen molar-refractivity contribution in [3.63, 3.8) is 0 Å². The molecule has 0 radical (unpaired) electrons. The minimum Gasteiger partial charge on any atom is -0.343 e. The molecule has 3 heterocycles. The number of aromatic nitrogens is 2. The molecule has 5 heteroatoms. The topological polar surface area (TPSA) is 66.1 Å². The number of fused-ring (bicyclic) bond motifs is 1. The number of amides is 1. The van der Waals surface area contributed by atoms with Gasteiger partial charge in [0.15, 0.2) is 0 Å². The van der Waals surface area contributed by atoms with Gasteiger partial charge in [0.1, 0.15) is 0 Å². The summed E-state index contributed by atoms with van der Waals surface area (Å²) in [5, 5.41) is 0.635. The number of aromatic amines is 1. The summed E-state index contributed by atoms with van der Waals surface area (Å²) in [5.74, 6) is 1.38. The third-order valence-corrected chi connectivity index (χ3v) is 6.16. The standard InChI is InChI=1S/C21H27N3O2/c25-20(8-7-15-4-1-2-5-15)24-12-9-16(10-13-24)18-14-19-17(21(26)23-18)6-3-11-22-19/h3,6,11,14-16H,1-2,4-5,7-10,12-13H2,(H,23,26). The van der Waals surface area contributed by atoms with E-state index in [-0.39, 0.29) is 5.56 Å². The van der Waals surface area contributed by atoms with E-state index < -0.39 is 0 Å². The predicted molar refractivity (Wildman–Crippen MR) is 102 cm³/mol. The number of hydrogen-bond donors (Lipinski definition) is 1. The molecule has 2 aromatic heterocycles. The Morgan fingerprint density at radius 2 is 1.96 bits per heavy atom. The van der Waals surface area contributed by atoms with Gasteiger partial charge in [0.05, 0.1) is 10.9 Å². The molecule has 1 aliphatic carbocycles. The molecule has 0 spiro atoms. The minimum atomic E-state index is -0.0688. The van der Waals surface area contributed by atoms with Gasteiger partial charge >= 0.3 is 0 Å². The number of nitrogens with one attached hydrogen (secondary N) is 1. The lowest BCUT2D eigenvalue weighted by atomic mass is 9.92. The fourth-order valence-corrected chi connectivity index (χ4v) is 4.55. The molecule has 2 aliphatic rings. The summed E-state index contributed by atoms with van der Waals surface area (Å²) >= 11 is 0. The lowest BCUT2D eigenvalue weighted by Crippen LogP contribution is -2.38. The monoisotopic (exact) mass is 353 g/mol. The quantitative estimate of drug-likeness (QED) is 0.913. The van der Waals surface area contributed by atoms with Crippen molar-refractivity contribution in [1.29, 1.82) is 0 Å². The summed E-state index contributed by atoms with van der Waals surface area (Å²) in [4.78, 5) is 34.1. The Kier molecular flexibility index (Phi) is 5.05. The minimum absolute atomic E-state index is 0.0688. The molecule has 0 atom stereocenters. The number of nitrogens with zero attached hydrogens (tertiary/aromatic N) is 2. The van der Waals surface area contributed by atoms with Crippen LogP contribution >= 0.6 is 0 Å². The summed E-state index contributed by atoms with van der Waals surface area (Å²) in [7, 11) is 0. The first-order chi connectivity index (χ1) is 12.7. The van der Waals surface area contributed by atoms with Crippen molar-refractivity contribution in [1.82, 2.24) is 14.9 Å². The Hall–Kier alpha value is -2.17. The lowest BCUT2D eigenvalue weighted by Gasteiger charge is -2.32. The summed E-state index contributed by atoms with van der Waals surface area (Å²) in [6, 6.07) is 5.59. The van der Waals surface area contributed by atoms with E-state index in [1.165, 1.54) is 25.7 Å². The van der Waals surface area contributed by atoms with Crippen LogP contribution in [0.1, 0.15) is 63.0 Å². The average molecular weight is 353 g/mol. The molecule has 0 aromatic carbocycles. The second-order valence-corrected chi connectivity index (χ2v) is 7.83. The number of pyridine rings is 2. The Morgan fingerprint density at radius 3 is 2.73 bits per heavy atom. The summed E-state index contributed by atoms with van der Waals surface area (Å²) in [6.07, 6.45) is 10.6. The number of likely N-dealkylation sites (tertiary alicyclic amines) is 1. The lowest BCUT2D eigenvalue weighted by molar-refractivity contribution is -0.132. The molecule has 5 nitrogen and oxygen atoms in total. The fraction of sp³-hybridized carbons (Fsp3) is 0.571. The van der Waals surface area contributed by atoms with Crippen molar-refractivity contribution in [2.75, 3.05) is 13.1 Å². The molecule has 1 saturated carbocycles. The molecule has 4 rings (SSSR count). The van der Waals surface area contributed by atoms with Crippen LogP contribution in [0.2, 0.25) is 0 Å². The molecule has 26 heavy (non-hydrogen) atoms. The van der Waals surface area contributed by atoms with E-state index in [9.17, 15) is 9.59 Å². The van der Waals surface area contributed by atoms with Crippen LogP contribution in [0.3, 0.4) is 0 Å².